The minimum Gasteiger partial charge on any atom is -0.336 e. The molecule has 0 heterocycles. The highest BCUT2D eigenvalue weighted by Gasteiger charge is 2.22. The van der Waals surface area contributed by atoms with Gasteiger partial charge in [0.2, 0.25) is 0 Å². The van der Waals surface area contributed by atoms with Crippen LogP contribution >= 0.6 is 0 Å². The van der Waals surface area contributed by atoms with Crippen LogP contribution in [0.5, 0.6) is 0 Å². The lowest BCUT2D eigenvalue weighted by Gasteiger charge is -2.25. The van der Waals surface area contributed by atoms with Crippen molar-refractivity contribution in [3.8, 4) is 0 Å². The van der Waals surface area contributed by atoms with E-state index in [1.807, 2.05) is 18.2 Å². The van der Waals surface area contributed by atoms with Crippen molar-refractivity contribution in [2.45, 2.75) is 32.6 Å². The normalized spacial score (nSPS) is 14.9. The molecule has 1 aliphatic rings. The van der Waals surface area contributed by atoms with E-state index >= 15 is 0 Å². The van der Waals surface area contributed by atoms with Crippen LogP contribution in [0.2, 0.25) is 0 Å². The smallest absolute Gasteiger partial charge is 0.336 e. The Kier molecular flexibility index (Phi) is 5.95. The molecule has 1 atom stereocenters. The Morgan fingerprint density at radius 2 is 2.05 bits per heavy atom. The van der Waals surface area contributed by atoms with E-state index in [1.165, 1.54) is 17.2 Å². The highest BCUT2D eigenvalue weighted by atomic mass is 16.7. The predicted octanol–water partition coefficient (Wildman–Crippen LogP) is 3.11. The fraction of sp³-hybridized carbons (Fsp3) is 0.333. The fourth-order valence-corrected chi connectivity index (χ4v) is 2.46. The zero-order valence-electron chi connectivity index (χ0n) is 12.7. The molecule has 1 aromatic carbocycles. The molecule has 0 aromatic heterocycles. The second kappa shape index (κ2) is 8.17. The van der Waals surface area contributed by atoms with Crippen molar-refractivity contribution in [3.63, 3.8) is 0 Å². The van der Waals surface area contributed by atoms with Crippen molar-refractivity contribution in [1.29, 1.82) is 0 Å². The minimum atomic E-state index is -0.571. The molecule has 0 saturated carbocycles. The first-order chi connectivity index (χ1) is 10.7. The standard InChI is InChI=1S/C18H21NO3/c1-2-7-18(21)22-19-17(20)13-16(15-10-6-11-15)12-14-8-4-3-5-9-14/h2-5,7-10,16H,6,11-13H2,1H3,(H,19,20). The number of hydrogen-bond acceptors (Lipinski definition) is 3. The molecule has 2 rings (SSSR count). The highest BCUT2D eigenvalue weighted by Crippen LogP contribution is 2.31. The molecular weight excluding hydrogens is 278 g/mol. The summed E-state index contributed by atoms with van der Waals surface area (Å²) in [5.74, 6) is -0.679. The summed E-state index contributed by atoms with van der Waals surface area (Å²) in [5, 5.41) is 0. The molecule has 0 aliphatic heterocycles. The molecular formula is C18H21NO3. The summed E-state index contributed by atoms with van der Waals surface area (Å²) >= 11 is 0. The van der Waals surface area contributed by atoms with Gasteiger partial charge >= 0.3 is 5.97 Å². The van der Waals surface area contributed by atoms with Gasteiger partial charge in [0.15, 0.2) is 0 Å². The van der Waals surface area contributed by atoms with Crippen LogP contribution in [-0.2, 0) is 20.8 Å². The Labute approximate surface area is 130 Å². The Balaban J connectivity index is 1.90. The largest absolute Gasteiger partial charge is 0.355 e. The summed E-state index contributed by atoms with van der Waals surface area (Å²) < 4.78 is 0. The van der Waals surface area contributed by atoms with Crippen LogP contribution in [0.1, 0.15) is 31.7 Å². The third-order valence-corrected chi connectivity index (χ3v) is 3.69. The molecule has 22 heavy (non-hydrogen) atoms. The molecule has 0 saturated heterocycles. The van der Waals surface area contributed by atoms with E-state index in [0.29, 0.717) is 6.42 Å². The topological polar surface area (TPSA) is 55.4 Å². The Morgan fingerprint density at radius 3 is 2.64 bits per heavy atom. The number of benzene rings is 1. The van der Waals surface area contributed by atoms with Crippen molar-refractivity contribution >= 4 is 11.9 Å². The first kappa shape index (κ1) is 16.0. The lowest BCUT2D eigenvalue weighted by Crippen LogP contribution is -2.29. The van der Waals surface area contributed by atoms with Crippen molar-refractivity contribution in [2.24, 2.45) is 5.92 Å². The number of carbonyl (C=O) groups is 2. The number of nitrogens with one attached hydrogen (secondary N) is 1. The van der Waals surface area contributed by atoms with Crippen LogP contribution in [0.25, 0.3) is 0 Å². The van der Waals surface area contributed by atoms with E-state index in [1.54, 1.807) is 13.0 Å². The number of hydroxylamine groups is 1. The first-order valence-electron chi connectivity index (χ1n) is 7.54. The van der Waals surface area contributed by atoms with Crippen LogP contribution in [0, 0.1) is 5.92 Å². The van der Waals surface area contributed by atoms with Gasteiger partial charge in [-0.15, -0.1) is 0 Å². The number of allylic oxidation sites excluding steroid dienone is 3. The summed E-state index contributed by atoms with van der Waals surface area (Å²) in [6, 6.07) is 10.1. The predicted molar refractivity (Wildman–Crippen MR) is 84.6 cm³/mol. The summed E-state index contributed by atoms with van der Waals surface area (Å²) in [5.41, 5.74) is 4.75. The molecule has 1 aliphatic carbocycles. The van der Waals surface area contributed by atoms with E-state index < -0.39 is 5.97 Å². The SMILES string of the molecule is CC=CC(=O)ONC(=O)CC(Cc1ccccc1)C1=CCC1. The first-order valence-corrected chi connectivity index (χ1v) is 7.54. The molecule has 4 nitrogen and oxygen atoms in total. The van der Waals surface area contributed by atoms with E-state index in [4.69, 9.17) is 0 Å². The summed E-state index contributed by atoms with van der Waals surface area (Å²) in [6.45, 7) is 1.71. The third kappa shape index (κ3) is 4.88. The Bertz CT molecular complexity index is 575. The summed E-state index contributed by atoms with van der Waals surface area (Å²) in [7, 11) is 0. The van der Waals surface area contributed by atoms with Gasteiger partial charge in [-0.2, -0.15) is 5.48 Å². The van der Waals surface area contributed by atoms with Gasteiger partial charge in [-0.3, -0.25) is 4.79 Å². The van der Waals surface area contributed by atoms with Crippen molar-refractivity contribution in [2.75, 3.05) is 0 Å². The lowest BCUT2D eigenvalue weighted by molar-refractivity contribution is -0.153. The van der Waals surface area contributed by atoms with Crippen LogP contribution < -0.4 is 5.48 Å². The average Bonchev–Trinajstić information content (AvgIpc) is 2.45. The molecule has 1 N–H and O–H groups in total. The molecule has 0 radical (unpaired) electrons. The number of carbonyl (C=O) groups excluding carboxylic acids is 2. The molecule has 1 unspecified atom stereocenters. The van der Waals surface area contributed by atoms with Crippen molar-refractivity contribution in [3.05, 3.63) is 59.7 Å². The minimum absolute atomic E-state index is 0.163. The lowest BCUT2D eigenvalue weighted by atomic mass is 9.81. The van der Waals surface area contributed by atoms with Gasteiger partial charge in [-0.25, -0.2) is 4.79 Å². The summed E-state index contributed by atoms with van der Waals surface area (Å²) in [6.07, 6.45) is 8.28. The maximum absolute atomic E-state index is 12.0. The third-order valence-electron chi connectivity index (χ3n) is 3.69. The number of amides is 1. The molecule has 0 bridgehead atoms. The second-order valence-corrected chi connectivity index (χ2v) is 5.35. The van der Waals surface area contributed by atoms with Gasteiger partial charge in [0.05, 0.1) is 0 Å². The average molecular weight is 299 g/mol. The van der Waals surface area contributed by atoms with Crippen molar-refractivity contribution in [1.82, 2.24) is 5.48 Å². The molecule has 116 valence electrons. The zero-order chi connectivity index (χ0) is 15.8. The maximum atomic E-state index is 12.0. The Morgan fingerprint density at radius 1 is 1.32 bits per heavy atom. The van der Waals surface area contributed by atoms with Gasteiger partial charge in [0.25, 0.3) is 5.91 Å². The maximum Gasteiger partial charge on any atom is 0.355 e. The van der Waals surface area contributed by atoms with Gasteiger partial charge in [0, 0.05) is 12.5 Å². The zero-order valence-corrected chi connectivity index (χ0v) is 12.7. The van der Waals surface area contributed by atoms with E-state index in [9.17, 15) is 9.59 Å². The number of hydrogen-bond donors (Lipinski definition) is 1. The van der Waals surface area contributed by atoms with Crippen LogP contribution in [0.3, 0.4) is 0 Å². The molecule has 4 heteroatoms. The summed E-state index contributed by atoms with van der Waals surface area (Å²) in [4.78, 5) is 27.8. The molecule has 1 amide bonds. The van der Waals surface area contributed by atoms with Gasteiger partial charge in [0.1, 0.15) is 0 Å². The van der Waals surface area contributed by atoms with Gasteiger partial charge < -0.3 is 4.84 Å². The Hall–Kier alpha value is -2.36. The number of rotatable bonds is 6. The second-order valence-electron chi connectivity index (χ2n) is 5.35. The quantitative estimate of drug-likeness (QED) is 0.499. The fourth-order valence-electron chi connectivity index (χ4n) is 2.46. The highest BCUT2D eigenvalue weighted by molar-refractivity contribution is 5.84. The molecule has 0 spiro atoms. The van der Waals surface area contributed by atoms with Crippen LogP contribution in [0.15, 0.2) is 54.1 Å². The van der Waals surface area contributed by atoms with E-state index in [-0.39, 0.29) is 11.8 Å². The molecule has 0 fully saturated rings. The van der Waals surface area contributed by atoms with E-state index in [0.717, 1.165) is 19.3 Å². The van der Waals surface area contributed by atoms with E-state index in [2.05, 4.69) is 28.5 Å². The molecule has 1 aromatic rings. The monoisotopic (exact) mass is 299 g/mol. The van der Waals surface area contributed by atoms with Crippen LogP contribution in [0.4, 0.5) is 0 Å². The van der Waals surface area contributed by atoms with Crippen LogP contribution in [-0.4, -0.2) is 11.9 Å². The van der Waals surface area contributed by atoms with Gasteiger partial charge in [-0.05, 0) is 37.7 Å². The van der Waals surface area contributed by atoms with Crippen molar-refractivity contribution < 1.29 is 14.4 Å². The van der Waals surface area contributed by atoms with Gasteiger partial charge in [-0.1, -0.05) is 48.1 Å².